The SMILES string of the molecule is O=C(Cc1ccc(Cl)c(Cl)c1)Nc1csc(-c2ccc3nc[nH]c3c2)n1. The third-order valence-electron chi connectivity index (χ3n) is 3.79. The summed E-state index contributed by atoms with van der Waals surface area (Å²) in [6.07, 6.45) is 1.86. The van der Waals surface area contributed by atoms with Crippen molar-refractivity contribution in [3.8, 4) is 10.6 Å². The average molecular weight is 403 g/mol. The van der Waals surface area contributed by atoms with E-state index in [1.54, 1.807) is 24.5 Å². The topological polar surface area (TPSA) is 70.7 Å². The van der Waals surface area contributed by atoms with Crippen molar-refractivity contribution in [3.05, 3.63) is 63.7 Å². The van der Waals surface area contributed by atoms with E-state index < -0.39 is 0 Å². The Morgan fingerprint density at radius 3 is 2.88 bits per heavy atom. The number of fused-ring (bicyclic) bond motifs is 1. The van der Waals surface area contributed by atoms with Gasteiger partial charge in [-0.1, -0.05) is 29.3 Å². The molecule has 0 spiro atoms. The van der Waals surface area contributed by atoms with Gasteiger partial charge in [0.05, 0.1) is 33.8 Å². The molecule has 2 aromatic heterocycles. The van der Waals surface area contributed by atoms with Crippen LogP contribution in [0.4, 0.5) is 5.82 Å². The Kier molecular flexibility index (Phi) is 4.63. The molecule has 0 saturated carbocycles. The first kappa shape index (κ1) is 17.0. The van der Waals surface area contributed by atoms with Crippen molar-refractivity contribution >= 4 is 57.3 Å². The van der Waals surface area contributed by atoms with Crippen molar-refractivity contribution in [2.24, 2.45) is 0 Å². The molecule has 0 atom stereocenters. The average Bonchev–Trinajstić information content (AvgIpc) is 3.26. The zero-order chi connectivity index (χ0) is 18.1. The number of hydrogen-bond donors (Lipinski definition) is 2. The van der Waals surface area contributed by atoms with E-state index in [1.165, 1.54) is 11.3 Å². The summed E-state index contributed by atoms with van der Waals surface area (Å²) in [6, 6.07) is 11.0. The van der Waals surface area contributed by atoms with Gasteiger partial charge in [0.25, 0.3) is 0 Å². The number of halogens is 2. The monoisotopic (exact) mass is 402 g/mol. The van der Waals surface area contributed by atoms with Crippen LogP contribution in [0.3, 0.4) is 0 Å². The number of nitrogens with one attached hydrogen (secondary N) is 2. The molecule has 2 N–H and O–H groups in total. The molecule has 2 aromatic carbocycles. The molecule has 26 heavy (non-hydrogen) atoms. The maximum atomic E-state index is 12.2. The Bertz CT molecular complexity index is 1110. The minimum atomic E-state index is -0.163. The number of anilines is 1. The van der Waals surface area contributed by atoms with Crippen LogP contribution >= 0.6 is 34.5 Å². The molecule has 130 valence electrons. The van der Waals surface area contributed by atoms with E-state index in [9.17, 15) is 4.79 Å². The van der Waals surface area contributed by atoms with Gasteiger partial charge in [-0.15, -0.1) is 11.3 Å². The first-order valence-corrected chi connectivity index (χ1v) is 9.35. The third kappa shape index (κ3) is 3.58. The van der Waals surface area contributed by atoms with Crippen LogP contribution in [0.1, 0.15) is 5.56 Å². The predicted octanol–water partition coefficient (Wildman–Crippen LogP) is 5.17. The highest BCUT2D eigenvalue weighted by atomic mass is 35.5. The molecule has 4 rings (SSSR count). The summed E-state index contributed by atoms with van der Waals surface area (Å²) in [4.78, 5) is 24.0. The second-order valence-electron chi connectivity index (χ2n) is 5.65. The highest BCUT2D eigenvalue weighted by molar-refractivity contribution is 7.13. The lowest BCUT2D eigenvalue weighted by atomic mass is 10.1. The fourth-order valence-corrected chi connectivity index (χ4v) is 3.62. The number of hydrogen-bond acceptors (Lipinski definition) is 4. The number of H-pyrrole nitrogens is 1. The smallest absolute Gasteiger partial charge is 0.229 e. The molecule has 4 aromatic rings. The molecule has 0 aliphatic rings. The van der Waals surface area contributed by atoms with Crippen LogP contribution in [-0.4, -0.2) is 20.9 Å². The van der Waals surface area contributed by atoms with Gasteiger partial charge in [0, 0.05) is 10.9 Å². The second-order valence-corrected chi connectivity index (χ2v) is 7.32. The van der Waals surface area contributed by atoms with Crippen molar-refractivity contribution in [3.63, 3.8) is 0 Å². The van der Waals surface area contributed by atoms with Gasteiger partial charge in [0.2, 0.25) is 5.91 Å². The Balaban J connectivity index is 1.47. The number of imidazole rings is 1. The molecule has 0 fully saturated rings. The minimum absolute atomic E-state index is 0.163. The lowest BCUT2D eigenvalue weighted by Gasteiger charge is -2.04. The van der Waals surface area contributed by atoms with Gasteiger partial charge in [0.1, 0.15) is 10.8 Å². The summed E-state index contributed by atoms with van der Waals surface area (Å²) in [6.45, 7) is 0. The molecule has 0 bridgehead atoms. The molecule has 0 radical (unpaired) electrons. The Morgan fingerprint density at radius 1 is 1.15 bits per heavy atom. The number of rotatable bonds is 4. The first-order valence-electron chi connectivity index (χ1n) is 7.71. The summed E-state index contributed by atoms with van der Waals surface area (Å²) >= 11 is 13.3. The van der Waals surface area contributed by atoms with Crippen molar-refractivity contribution in [2.45, 2.75) is 6.42 Å². The quantitative estimate of drug-likeness (QED) is 0.494. The number of thiazole rings is 1. The fourth-order valence-electron chi connectivity index (χ4n) is 2.55. The van der Waals surface area contributed by atoms with E-state index in [2.05, 4.69) is 20.3 Å². The van der Waals surface area contributed by atoms with E-state index in [1.807, 2.05) is 23.6 Å². The zero-order valence-electron chi connectivity index (χ0n) is 13.3. The van der Waals surface area contributed by atoms with Crippen LogP contribution in [0.15, 0.2) is 48.1 Å². The van der Waals surface area contributed by atoms with Gasteiger partial charge in [-0.3, -0.25) is 4.79 Å². The molecule has 2 heterocycles. The Labute approximate surface area is 163 Å². The number of benzene rings is 2. The summed E-state index contributed by atoms with van der Waals surface area (Å²) in [7, 11) is 0. The molecule has 0 saturated heterocycles. The number of nitrogens with zero attached hydrogens (tertiary/aromatic N) is 2. The van der Waals surface area contributed by atoms with E-state index in [0.29, 0.717) is 15.9 Å². The highest BCUT2D eigenvalue weighted by Gasteiger charge is 2.10. The van der Waals surface area contributed by atoms with Gasteiger partial charge in [-0.2, -0.15) is 0 Å². The lowest BCUT2D eigenvalue weighted by Crippen LogP contribution is -2.14. The third-order valence-corrected chi connectivity index (χ3v) is 5.42. The predicted molar refractivity (Wildman–Crippen MR) is 106 cm³/mol. The Hall–Kier alpha value is -2.41. The van der Waals surface area contributed by atoms with Crippen LogP contribution in [-0.2, 0) is 11.2 Å². The van der Waals surface area contributed by atoms with Crippen LogP contribution in [0.25, 0.3) is 21.6 Å². The van der Waals surface area contributed by atoms with Crippen molar-refractivity contribution in [1.82, 2.24) is 15.0 Å². The fraction of sp³-hybridized carbons (Fsp3) is 0.0556. The van der Waals surface area contributed by atoms with Gasteiger partial charge < -0.3 is 10.3 Å². The van der Waals surface area contributed by atoms with Crippen LogP contribution in [0, 0.1) is 0 Å². The molecular weight excluding hydrogens is 391 g/mol. The number of aromatic amines is 1. The normalized spacial score (nSPS) is 11.0. The first-order chi connectivity index (χ1) is 12.6. The number of carbonyl (C=O) groups is 1. The van der Waals surface area contributed by atoms with Crippen molar-refractivity contribution in [1.29, 1.82) is 0 Å². The lowest BCUT2D eigenvalue weighted by molar-refractivity contribution is -0.115. The van der Waals surface area contributed by atoms with E-state index >= 15 is 0 Å². The van der Waals surface area contributed by atoms with Crippen molar-refractivity contribution in [2.75, 3.05) is 5.32 Å². The molecule has 5 nitrogen and oxygen atoms in total. The standard InChI is InChI=1S/C18H12Cl2N4OS/c19-12-3-1-10(5-13(12)20)6-17(25)23-16-8-26-18(24-16)11-2-4-14-15(7-11)22-9-21-14/h1-5,7-9H,6H2,(H,21,22)(H,23,25). The number of aromatic nitrogens is 3. The van der Waals surface area contributed by atoms with E-state index in [-0.39, 0.29) is 12.3 Å². The molecule has 0 aliphatic heterocycles. The van der Waals surface area contributed by atoms with Crippen LogP contribution in [0.5, 0.6) is 0 Å². The van der Waals surface area contributed by atoms with Crippen LogP contribution in [0.2, 0.25) is 10.0 Å². The largest absolute Gasteiger partial charge is 0.345 e. The highest BCUT2D eigenvalue weighted by Crippen LogP contribution is 2.28. The second kappa shape index (κ2) is 7.07. The van der Waals surface area contributed by atoms with Gasteiger partial charge in [-0.25, -0.2) is 9.97 Å². The Morgan fingerprint density at radius 2 is 2.04 bits per heavy atom. The molecule has 8 heteroatoms. The minimum Gasteiger partial charge on any atom is -0.345 e. The summed E-state index contributed by atoms with van der Waals surface area (Å²) in [5.41, 5.74) is 3.61. The molecule has 1 amide bonds. The maximum Gasteiger partial charge on any atom is 0.229 e. The maximum absolute atomic E-state index is 12.2. The number of amides is 1. The van der Waals surface area contributed by atoms with E-state index in [0.717, 1.165) is 27.2 Å². The number of carbonyl (C=O) groups excluding carboxylic acids is 1. The van der Waals surface area contributed by atoms with Gasteiger partial charge >= 0.3 is 0 Å². The van der Waals surface area contributed by atoms with Gasteiger partial charge in [-0.05, 0) is 35.9 Å². The summed E-state index contributed by atoms with van der Waals surface area (Å²) in [5.74, 6) is 0.365. The van der Waals surface area contributed by atoms with Crippen LogP contribution < -0.4 is 5.32 Å². The summed E-state index contributed by atoms with van der Waals surface area (Å²) in [5, 5.41) is 6.35. The molecule has 0 unspecified atom stereocenters. The molecule has 0 aliphatic carbocycles. The van der Waals surface area contributed by atoms with Gasteiger partial charge in [0.15, 0.2) is 0 Å². The van der Waals surface area contributed by atoms with Crippen molar-refractivity contribution < 1.29 is 4.79 Å². The summed E-state index contributed by atoms with van der Waals surface area (Å²) < 4.78 is 0. The zero-order valence-corrected chi connectivity index (χ0v) is 15.6. The van der Waals surface area contributed by atoms with E-state index in [4.69, 9.17) is 23.2 Å². The molecular formula is C18H12Cl2N4OS.